The molecule has 0 spiro atoms. The molecule has 2 fully saturated rings. The summed E-state index contributed by atoms with van der Waals surface area (Å²) in [4.78, 5) is 29.6. The normalized spacial score (nSPS) is 33.2. The van der Waals surface area contributed by atoms with Gasteiger partial charge in [-0.2, -0.15) is 0 Å². The molecule has 0 radical (unpaired) electrons. The van der Waals surface area contributed by atoms with Crippen molar-refractivity contribution in [3.8, 4) is 0 Å². The second kappa shape index (κ2) is 4.15. The molecule has 1 N–H and O–H groups in total. The highest BCUT2D eigenvalue weighted by atomic mass is 16.2. The van der Waals surface area contributed by atoms with Gasteiger partial charge >= 0.3 is 0 Å². The average molecular weight is 286 g/mol. The van der Waals surface area contributed by atoms with Gasteiger partial charge in [0.25, 0.3) is 0 Å². The summed E-state index contributed by atoms with van der Waals surface area (Å²) in [6.07, 6.45) is 1.93. The lowest BCUT2D eigenvalue weighted by molar-refractivity contribution is -0.131. The molecule has 1 aromatic rings. The first-order chi connectivity index (χ1) is 9.73. The summed E-state index contributed by atoms with van der Waals surface area (Å²) in [7, 11) is 0. The smallest absolute Gasteiger partial charge is 0.232 e. The minimum atomic E-state index is -0.593. The minimum absolute atomic E-state index is 0.0554. The molecule has 0 saturated heterocycles. The molecular weight excluding hydrogens is 264 g/mol. The summed E-state index contributed by atoms with van der Waals surface area (Å²) in [6.45, 7) is 8.04. The second-order valence-corrected chi connectivity index (χ2v) is 7.26. The molecular formula is C17H22N2O2. The van der Waals surface area contributed by atoms with Gasteiger partial charge < -0.3 is 5.32 Å². The van der Waals surface area contributed by atoms with Gasteiger partial charge in [-0.05, 0) is 37.3 Å². The molecule has 0 unspecified atom stereocenters. The first-order valence-corrected chi connectivity index (χ1v) is 7.51. The standard InChI is InChI=1S/C17H22N2O2/c1-11-6-5-7-13(18-11)19-14(21)17-9-8-16(4,12(20)10-17)15(17,2)3/h5-7H,8-10H2,1-4H3,(H,18,19,21)/t16-,17+/m1/s1. The number of fused-ring (bicyclic) bond motifs is 2. The Kier molecular flexibility index (Phi) is 2.81. The van der Waals surface area contributed by atoms with E-state index in [1.165, 1.54) is 0 Å². The predicted octanol–water partition coefficient (Wildman–Crippen LogP) is 3.11. The summed E-state index contributed by atoms with van der Waals surface area (Å²) in [6, 6.07) is 5.56. The van der Waals surface area contributed by atoms with Gasteiger partial charge in [-0.1, -0.05) is 26.8 Å². The van der Waals surface area contributed by atoms with E-state index in [1.807, 2.05) is 26.0 Å². The van der Waals surface area contributed by atoms with Gasteiger partial charge in [-0.15, -0.1) is 0 Å². The fourth-order valence-electron chi connectivity index (χ4n) is 4.21. The molecule has 4 nitrogen and oxygen atoms in total. The van der Waals surface area contributed by atoms with Gasteiger partial charge in [-0.3, -0.25) is 9.59 Å². The van der Waals surface area contributed by atoms with Crippen LogP contribution in [0, 0.1) is 23.2 Å². The summed E-state index contributed by atoms with van der Waals surface area (Å²) >= 11 is 0. The van der Waals surface area contributed by atoms with Crippen LogP contribution in [0.15, 0.2) is 18.2 Å². The number of rotatable bonds is 2. The highest BCUT2D eigenvalue weighted by Gasteiger charge is 2.72. The van der Waals surface area contributed by atoms with Crippen molar-refractivity contribution in [1.82, 2.24) is 4.98 Å². The molecule has 1 amide bonds. The monoisotopic (exact) mass is 286 g/mol. The van der Waals surface area contributed by atoms with E-state index in [1.54, 1.807) is 6.07 Å². The molecule has 4 heteroatoms. The van der Waals surface area contributed by atoms with E-state index in [0.29, 0.717) is 12.2 Å². The van der Waals surface area contributed by atoms with Crippen molar-refractivity contribution in [3.05, 3.63) is 23.9 Å². The number of hydrogen-bond acceptors (Lipinski definition) is 3. The van der Waals surface area contributed by atoms with Gasteiger partial charge in [0.2, 0.25) is 5.91 Å². The van der Waals surface area contributed by atoms with E-state index < -0.39 is 5.41 Å². The zero-order valence-electron chi connectivity index (χ0n) is 13.1. The molecule has 1 heterocycles. The Morgan fingerprint density at radius 1 is 1.24 bits per heavy atom. The van der Waals surface area contributed by atoms with Crippen LogP contribution < -0.4 is 5.32 Å². The van der Waals surface area contributed by atoms with Crippen LogP contribution in [-0.2, 0) is 9.59 Å². The Hall–Kier alpha value is -1.71. The number of nitrogens with one attached hydrogen (secondary N) is 1. The van der Waals surface area contributed by atoms with Crippen LogP contribution >= 0.6 is 0 Å². The number of aromatic nitrogens is 1. The molecule has 0 aliphatic heterocycles. The maximum atomic E-state index is 12.9. The molecule has 2 atom stereocenters. The van der Waals surface area contributed by atoms with Gasteiger partial charge in [0.15, 0.2) is 0 Å². The number of anilines is 1. The van der Waals surface area contributed by atoms with Crippen LogP contribution in [0.4, 0.5) is 5.82 Å². The summed E-state index contributed by atoms with van der Waals surface area (Å²) < 4.78 is 0. The van der Waals surface area contributed by atoms with Crippen LogP contribution in [0.2, 0.25) is 0 Å². The minimum Gasteiger partial charge on any atom is -0.310 e. The Morgan fingerprint density at radius 3 is 2.48 bits per heavy atom. The molecule has 3 rings (SSSR count). The van der Waals surface area contributed by atoms with Crippen molar-refractivity contribution < 1.29 is 9.59 Å². The number of aryl methyl sites for hydroxylation is 1. The van der Waals surface area contributed by atoms with Crippen LogP contribution in [0.3, 0.4) is 0 Å². The zero-order valence-corrected chi connectivity index (χ0v) is 13.1. The van der Waals surface area contributed by atoms with Gasteiger partial charge in [0.1, 0.15) is 11.6 Å². The van der Waals surface area contributed by atoms with E-state index in [9.17, 15) is 9.59 Å². The van der Waals surface area contributed by atoms with Crippen molar-refractivity contribution in [1.29, 1.82) is 0 Å². The van der Waals surface area contributed by atoms with Crippen LogP contribution in [-0.4, -0.2) is 16.7 Å². The first-order valence-electron chi connectivity index (χ1n) is 7.51. The third kappa shape index (κ3) is 1.65. The zero-order chi connectivity index (χ0) is 15.5. The van der Waals surface area contributed by atoms with E-state index >= 15 is 0 Å². The Morgan fingerprint density at radius 2 is 1.95 bits per heavy atom. The molecule has 2 saturated carbocycles. The molecule has 21 heavy (non-hydrogen) atoms. The molecule has 0 aromatic carbocycles. The Bertz CT molecular complexity index is 637. The highest BCUT2D eigenvalue weighted by molar-refractivity contribution is 6.04. The van der Waals surface area contributed by atoms with Gasteiger partial charge in [0.05, 0.1) is 5.41 Å². The third-order valence-corrected chi connectivity index (χ3v) is 6.27. The summed E-state index contributed by atoms with van der Waals surface area (Å²) in [5.41, 5.74) is -0.414. The number of ketones is 1. The highest BCUT2D eigenvalue weighted by Crippen LogP contribution is 2.70. The van der Waals surface area contributed by atoms with Crippen molar-refractivity contribution in [3.63, 3.8) is 0 Å². The van der Waals surface area contributed by atoms with E-state index in [-0.39, 0.29) is 22.5 Å². The maximum Gasteiger partial charge on any atom is 0.232 e. The van der Waals surface area contributed by atoms with Crippen LogP contribution in [0.5, 0.6) is 0 Å². The quantitative estimate of drug-likeness (QED) is 0.908. The number of pyridine rings is 1. The number of Topliss-reactive ketones (excluding diaryl/α,β-unsaturated/α-hetero) is 1. The Balaban J connectivity index is 1.93. The average Bonchev–Trinajstić information content (AvgIpc) is 2.69. The first kappa shape index (κ1) is 14.2. The maximum absolute atomic E-state index is 12.9. The van der Waals surface area contributed by atoms with Gasteiger partial charge in [-0.25, -0.2) is 4.98 Å². The fraction of sp³-hybridized carbons (Fsp3) is 0.588. The molecule has 2 aliphatic rings. The number of carbonyl (C=O) groups is 2. The lowest BCUT2D eigenvalue weighted by Gasteiger charge is -2.38. The summed E-state index contributed by atoms with van der Waals surface area (Å²) in [5, 5.41) is 2.93. The topological polar surface area (TPSA) is 59.1 Å². The molecule has 2 bridgehead atoms. The fourth-order valence-corrected chi connectivity index (χ4v) is 4.21. The lowest BCUT2D eigenvalue weighted by Crippen LogP contribution is -2.43. The van der Waals surface area contributed by atoms with Crippen molar-refractivity contribution >= 4 is 17.5 Å². The Labute approximate surface area is 125 Å². The number of amides is 1. The predicted molar refractivity (Wildman–Crippen MR) is 80.8 cm³/mol. The van der Waals surface area contributed by atoms with E-state index in [4.69, 9.17) is 0 Å². The largest absolute Gasteiger partial charge is 0.310 e. The number of hydrogen-bond donors (Lipinski definition) is 1. The molecule has 1 aromatic heterocycles. The van der Waals surface area contributed by atoms with Crippen molar-refractivity contribution in [2.75, 3.05) is 5.32 Å². The third-order valence-electron chi connectivity index (χ3n) is 6.27. The summed E-state index contributed by atoms with van der Waals surface area (Å²) in [5.74, 6) is 0.740. The second-order valence-electron chi connectivity index (χ2n) is 7.26. The van der Waals surface area contributed by atoms with Crippen LogP contribution in [0.25, 0.3) is 0 Å². The van der Waals surface area contributed by atoms with Crippen LogP contribution in [0.1, 0.15) is 45.7 Å². The number of nitrogens with zero attached hydrogens (tertiary/aromatic N) is 1. The SMILES string of the molecule is Cc1cccc(NC(=O)[C@]23CC[C@](C)(C(=O)C2)C3(C)C)n1. The van der Waals surface area contributed by atoms with Crippen molar-refractivity contribution in [2.24, 2.45) is 16.2 Å². The molecule has 112 valence electrons. The lowest BCUT2D eigenvalue weighted by atomic mass is 9.64. The van der Waals surface area contributed by atoms with Gasteiger partial charge in [0, 0.05) is 17.5 Å². The molecule has 2 aliphatic carbocycles. The van der Waals surface area contributed by atoms with E-state index in [2.05, 4.69) is 24.1 Å². The van der Waals surface area contributed by atoms with Crippen molar-refractivity contribution in [2.45, 2.75) is 47.0 Å². The number of carbonyl (C=O) groups excluding carboxylic acids is 2. The van der Waals surface area contributed by atoms with E-state index in [0.717, 1.165) is 18.5 Å².